The maximum absolute atomic E-state index is 12.3. The fourth-order valence-corrected chi connectivity index (χ4v) is 4.01. The largest absolute Gasteiger partial charge is 0.326 e. The Morgan fingerprint density at radius 2 is 1.71 bits per heavy atom. The number of hydrogen-bond donors (Lipinski definition) is 2. The van der Waals surface area contributed by atoms with Crippen molar-refractivity contribution in [3.8, 4) is 0 Å². The minimum atomic E-state index is -3.59. The Hall–Kier alpha value is -0.920. The third-order valence-electron chi connectivity index (χ3n) is 2.90. The number of benzene rings is 2. The van der Waals surface area contributed by atoms with Gasteiger partial charge in [-0.2, -0.15) is 0 Å². The summed E-state index contributed by atoms with van der Waals surface area (Å²) in [6, 6.07) is 11.9. The lowest BCUT2D eigenvalue weighted by molar-refractivity contribution is 0.581. The van der Waals surface area contributed by atoms with Crippen LogP contribution < -0.4 is 10.5 Å². The summed E-state index contributed by atoms with van der Waals surface area (Å²) in [6.45, 7) is 0.557. The van der Waals surface area contributed by atoms with Gasteiger partial charge in [-0.05, 0) is 51.3 Å². The Kier molecular flexibility index (Phi) is 5.40. The maximum atomic E-state index is 12.3. The monoisotopic (exact) mass is 388 g/mol. The van der Waals surface area contributed by atoms with E-state index < -0.39 is 10.0 Å². The first-order chi connectivity index (χ1) is 9.92. The van der Waals surface area contributed by atoms with Crippen molar-refractivity contribution in [1.29, 1.82) is 0 Å². The third kappa shape index (κ3) is 4.28. The van der Waals surface area contributed by atoms with E-state index in [1.54, 1.807) is 36.4 Å². The van der Waals surface area contributed by atoms with Crippen LogP contribution in [-0.2, 0) is 23.1 Å². The van der Waals surface area contributed by atoms with Crippen molar-refractivity contribution in [3.05, 3.63) is 63.1 Å². The average Bonchev–Trinajstić information content (AvgIpc) is 2.46. The zero-order valence-electron chi connectivity index (χ0n) is 11.0. The highest BCUT2D eigenvalue weighted by Gasteiger charge is 2.17. The van der Waals surface area contributed by atoms with E-state index >= 15 is 0 Å². The molecule has 2 rings (SSSR count). The van der Waals surface area contributed by atoms with Crippen LogP contribution in [-0.4, -0.2) is 8.42 Å². The lowest BCUT2D eigenvalue weighted by Gasteiger charge is -2.10. The molecule has 2 aromatic rings. The van der Waals surface area contributed by atoms with Gasteiger partial charge in [0.2, 0.25) is 10.0 Å². The van der Waals surface area contributed by atoms with Gasteiger partial charge >= 0.3 is 0 Å². The summed E-state index contributed by atoms with van der Waals surface area (Å²) in [5.74, 6) is 0. The first-order valence-corrected chi connectivity index (χ1v) is 8.80. The molecular formula is C14H14BrClN2O2S. The Bertz CT molecular complexity index is 733. The average molecular weight is 390 g/mol. The van der Waals surface area contributed by atoms with Crippen LogP contribution in [0.25, 0.3) is 0 Å². The summed E-state index contributed by atoms with van der Waals surface area (Å²) in [5.41, 5.74) is 7.22. The summed E-state index contributed by atoms with van der Waals surface area (Å²) in [6.07, 6.45) is 0. The van der Waals surface area contributed by atoms with E-state index in [0.717, 1.165) is 11.1 Å². The second-order valence-corrected chi connectivity index (χ2v) is 7.45. The van der Waals surface area contributed by atoms with E-state index in [1.807, 2.05) is 0 Å². The zero-order valence-corrected chi connectivity index (χ0v) is 14.2. The van der Waals surface area contributed by atoms with Crippen LogP contribution in [0.15, 0.2) is 51.8 Å². The molecule has 0 spiro atoms. The number of nitrogens with one attached hydrogen (secondary N) is 1. The van der Waals surface area contributed by atoms with Gasteiger partial charge < -0.3 is 5.73 Å². The number of nitrogens with two attached hydrogens (primary N) is 1. The molecule has 0 aliphatic heterocycles. The molecule has 4 nitrogen and oxygen atoms in total. The smallest absolute Gasteiger partial charge is 0.241 e. The lowest BCUT2D eigenvalue weighted by Crippen LogP contribution is -2.23. The van der Waals surface area contributed by atoms with Crippen molar-refractivity contribution in [3.63, 3.8) is 0 Å². The Labute approximate surface area is 137 Å². The van der Waals surface area contributed by atoms with Gasteiger partial charge in [-0.25, -0.2) is 13.1 Å². The lowest BCUT2D eigenvalue weighted by atomic mass is 10.2. The molecule has 112 valence electrons. The van der Waals surface area contributed by atoms with Crippen molar-refractivity contribution >= 4 is 37.6 Å². The van der Waals surface area contributed by atoms with Crippen LogP contribution in [0.1, 0.15) is 11.1 Å². The molecule has 0 aromatic heterocycles. The van der Waals surface area contributed by atoms with Crippen molar-refractivity contribution in [2.45, 2.75) is 18.0 Å². The van der Waals surface area contributed by atoms with Gasteiger partial charge in [-0.15, -0.1) is 0 Å². The predicted octanol–water partition coefficient (Wildman–Crippen LogP) is 3.04. The molecule has 0 fully saturated rings. The van der Waals surface area contributed by atoms with Crippen LogP contribution in [0.2, 0.25) is 5.02 Å². The minimum absolute atomic E-state index is 0.189. The molecule has 0 saturated carbocycles. The molecule has 0 heterocycles. The summed E-state index contributed by atoms with van der Waals surface area (Å²) < 4.78 is 27.6. The van der Waals surface area contributed by atoms with Crippen LogP contribution >= 0.6 is 27.5 Å². The molecule has 0 saturated heterocycles. The fraction of sp³-hybridized carbons (Fsp3) is 0.143. The molecule has 0 unspecified atom stereocenters. The Balaban J connectivity index is 2.16. The van der Waals surface area contributed by atoms with Crippen molar-refractivity contribution in [2.24, 2.45) is 5.73 Å². The predicted molar refractivity (Wildman–Crippen MR) is 87.5 cm³/mol. The van der Waals surface area contributed by atoms with Gasteiger partial charge in [0.25, 0.3) is 0 Å². The number of sulfonamides is 1. The second kappa shape index (κ2) is 6.89. The summed E-state index contributed by atoms with van der Waals surface area (Å²) in [4.78, 5) is 0.189. The summed E-state index contributed by atoms with van der Waals surface area (Å²) >= 11 is 9.06. The first kappa shape index (κ1) is 16.5. The quantitative estimate of drug-likeness (QED) is 0.825. The standard InChI is InChI=1S/C14H14BrClN2O2S/c15-13-7-11(8-17)3-6-14(13)21(19,20)18-9-10-1-4-12(16)5-2-10/h1-7,18H,8-9,17H2. The molecule has 2 aromatic carbocycles. The number of halogens is 2. The van der Waals surface area contributed by atoms with E-state index in [4.69, 9.17) is 17.3 Å². The molecule has 0 aliphatic rings. The van der Waals surface area contributed by atoms with Crippen molar-refractivity contribution < 1.29 is 8.42 Å². The van der Waals surface area contributed by atoms with Gasteiger partial charge in [0, 0.05) is 22.6 Å². The van der Waals surface area contributed by atoms with E-state index in [2.05, 4.69) is 20.7 Å². The Morgan fingerprint density at radius 3 is 2.29 bits per heavy atom. The van der Waals surface area contributed by atoms with Crippen LogP contribution in [0.5, 0.6) is 0 Å². The van der Waals surface area contributed by atoms with Gasteiger partial charge in [0.15, 0.2) is 0 Å². The molecule has 0 aliphatic carbocycles. The van der Waals surface area contributed by atoms with Gasteiger partial charge in [-0.1, -0.05) is 29.8 Å². The number of hydrogen-bond acceptors (Lipinski definition) is 3. The van der Waals surface area contributed by atoms with Gasteiger partial charge in [0.1, 0.15) is 0 Å². The Morgan fingerprint density at radius 1 is 1.10 bits per heavy atom. The van der Waals surface area contributed by atoms with Crippen LogP contribution in [0.4, 0.5) is 0 Å². The highest BCUT2D eigenvalue weighted by Crippen LogP contribution is 2.23. The number of rotatable bonds is 5. The fourth-order valence-electron chi connectivity index (χ4n) is 1.75. The van der Waals surface area contributed by atoms with Crippen molar-refractivity contribution in [1.82, 2.24) is 4.72 Å². The normalized spacial score (nSPS) is 11.6. The van der Waals surface area contributed by atoms with Gasteiger partial charge in [-0.3, -0.25) is 0 Å². The first-order valence-electron chi connectivity index (χ1n) is 6.15. The molecule has 0 radical (unpaired) electrons. The highest BCUT2D eigenvalue weighted by molar-refractivity contribution is 9.10. The van der Waals surface area contributed by atoms with Crippen LogP contribution in [0.3, 0.4) is 0 Å². The maximum Gasteiger partial charge on any atom is 0.241 e. The molecule has 21 heavy (non-hydrogen) atoms. The molecule has 0 bridgehead atoms. The van der Waals surface area contributed by atoms with Gasteiger partial charge in [0.05, 0.1) is 4.90 Å². The highest BCUT2D eigenvalue weighted by atomic mass is 79.9. The molecule has 7 heteroatoms. The van der Waals surface area contributed by atoms with E-state index in [-0.39, 0.29) is 11.4 Å². The second-order valence-electron chi connectivity index (χ2n) is 4.42. The SMILES string of the molecule is NCc1ccc(S(=O)(=O)NCc2ccc(Cl)cc2)c(Br)c1. The molecule has 3 N–H and O–H groups in total. The van der Waals surface area contributed by atoms with E-state index in [0.29, 0.717) is 16.0 Å². The minimum Gasteiger partial charge on any atom is -0.326 e. The molecule has 0 atom stereocenters. The third-order valence-corrected chi connectivity index (χ3v) is 5.53. The van der Waals surface area contributed by atoms with Crippen molar-refractivity contribution in [2.75, 3.05) is 0 Å². The zero-order chi connectivity index (χ0) is 15.5. The van der Waals surface area contributed by atoms with E-state index in [9.17, 15) is 8.42 Å². The summed E-state index contributed by atoms with van der Waals surface area (Å²) in [5, 5.41) is 0.613. The van der Waals surface area contributed by atoms with Crippen LogP contribution in [0, 0.1) is 0 Å². The topological polar surface area (TPSA) is 72.2 Å². The van der Waals surface area contributed by atoms with E-state index in [1.165, 1.54) is 6.07 Å². The molecular weight excluding hydrogens is 376 g/mol. The molecule has 0 amide bonds. The summed E-state index contributed by atoms with van der Waals surface area (Å²) in [7, 11) is -3.59.